The second-order valence-electron chi connectivity index (χ2n) is 9.63. The minimum atomic E-state index is -0.307. The van der Waals surface area contributed by atoms with Gasteiger partial charge in [-0.25, -0.2) is 19.6 Å². The van der Waals surface area contributed by atoms with Gasteiger partial charge in [0.25, 0.3) is 0 Å². The molecule has 5 rings (SSSR count). The number of ether oxygens (including phenoxy) is 2. The molecule has 2 aromatic rings. The lowest BCUT2D eigenvalue weighted by Crippen LogP contribution is -2.47. The minimum Gasteiger partial charge on any atom is -0.445 e. The molecule has 10 heteroatoms. The third kappa shape index (κ3) is 4.98. The van der Waals surface area contributed by atoms with Gasteiger partial charge in [-0.3, -0.25) is 4.90 Å². The molecule has 3 aliphatic rings. The second kappa shape index (κ2) is 10.8. The summed E-state index contributed by atoms with van der Waals surface area (Å²) in [4.78, 5) is 39.1. The summed E-state index contributed by atoms with van der Waals surface area (Å²) in [5.41, 5.74) is 3.58. The number of nitrogens with zero attached hydrogens (tertiary/aromatic N) is 4. The Morgan fingerprint density at radius 3 is 2.78 bits per heavy atom. The molecule has 37 heavy (non-hydrogen) atoms. The van der Waals surface area contributed by atoms with Gasteiger partial charge in [-0.05, 0) is 51.0 Å². The topological polar surface area (TPSA) is 109 Å². The van der Waals surface area contributed by atoms with E-state index in [-0.39, 0.29) is 36.9 Å². The summed E-state index contributed by atoms with van der Waals surface area (Å²) in [6, 6.07) is 7.39. The van der Waals surface area contributed by atoms with Gasteiger partial charge in [-0.1, -0.05) is 12.7 Å². The first kappa shape index (κ1) is 25.0. The highest BCUT2D eigenvalue weighted by atomic mass is 16.6. The van der Waals surface area contributed by atoms with Crippen LogP contribution in [0.5, 0.6) is 0 Å². The smallest absolute Gasteiger partial charge is 0.410 e. The number of hydrogen-bond donors (Lipinski definition) is 2. The average Bonchev–Trinajstić information content (AvgIpc) is 3.21. The number of fused-ring (bicyclic) bond motifs is 4. The zero-order valence-electron chi connectivity index (χ0n) is 21.4. The van der Waals surface area contributed by atoms with Crippen LogP contribution in [0.25, 0.3) is 11.4 Å². The largest absolute Gasteiger partial charge is 0.445 e. The summed E-state index contributed by atoms with van der Waals surface area (Å²) in [6.45, 7) is 10.4. The lowest BCUT2D eigenvalue weighted by molar-refractivity contribution is 0.0865. The summed E-state index contributed by atoms with van der Waals surface area (Å²) in [5.74, 6) is 1.51. The van der Waals surface area contributed by atoms with Gasteiger partial charge in [0.1, 0.15) is 12.4 Å². The Balaban J connectivity index is 1.52. The molecule has 0 spiro atoms. The van der Waals surface area contributed by atoms with E-state index in [9.17, 15) is 9.59 Å². The van der Waals surface area contributed by atoms with Crippen molar-refractivity contribution in [3.63, 3.8) is 0 Å². The summed E-state index contributed by atoms with van der Waals surface area (Å²) in [5, 5.41) is 5.55. The van der Waals surface area contributed by atoms with Crippen LogP contribution in [-0.4, -0.2) is 72.0 Å². The number of aromatic nitrogens is 2. The van der Waals surface area contributed by atoms with Crippen molar-refractivity contribution in [2.75, 3.05) is 43.1 Å². The summed E-state index contributed by atoms with van der Waals surface area (Å²) in [6.07, 6.45) is 3.70. The fourth-order valence-corrected chi connectivity index (χ4v) is 5.50. The number of urea groups is 1. The number of rotatable bonds is 6. The molecule has 0 saturated carbocycles. The average molecular weight is 507 g/mol. The van der Waals surface area contributed by atoms with E-state index in [1.165, 1.54) is 0 Å². The molecule has 1 aromatic heterocycles. The number of benzene rings is 1. The van der Waals surface area contributed by atoms with E-state index in [0.29, 0.717) is 37.7 Å². The number of carbonyl (C=O) groups is 2. The zero-order chi connectivity index (χ0) is 25.9. The fourth-order valence-electron chi connectivity index (χ4n) is 5.50. The number of carbonyl (C=O) groups excluding carboxylic acids is 2. The van der Waals surface area contributed by atoms with Crippen LogP contribution in [0.2, 0.25) is 0 Å². The summed E-state index contributed by atoms with van der Waals surface area (Å²) < 4.78 is 11.1. The molecule has 196 valence electrons. The Bertz CT molecular complexity index is 1170. The number of hydrogen-bond acceptors (Lipinski definition) is 7. The van der Waals surface area contributed by atoms with E-state index < -0.39 is 0 Å². The first-order valence-electron chi connectivity index (χ1n) is 13.0. The molecule has 10 nitrogen and oxygen atoms in total. The van der Waals surface area contributed by atoms with Crippen molar-refractivity contribution in [3.8, 4) is 11.4 Å². The molecule has 4 heterocycles. The van der Waals surface area contributed by atoms with Crippen molar-refractivity contribution in [1.29, 1.82) is 0 Å². The van der Waals surface area contributed by atoms with Gasteiger partial charge in [0.05, 0.1) is 31.0 Å². The molecular weight excluding hydrogens is 472 g/mol. The van der Waals surface area contributed by atoms with Crippen molar-refractivity contribution >= 4 is 23.6 Å². The van der Waals surface area contributed by atoms with Crippen LogP contribution in [0.4, 0.5) is 21.1 Å². The molecule has 2 bridgehead atoms. The highest BCUT2D eigenvalue weighted by molar-refractivity contribution is 5.89. The second-order valence-corrected chi connectivity index (χ2v) is 9.63. The highest BCUT2D eigenvalue weighted by Crippen LogP contribution is 2.47. The molecule has 2 N–H and O–H groups in total. The standard InChI is InChI=1S/C27H34N6O4/c1-4-13-37-27(35)33-20-10-11-22(33)23-21(15-20)30-24(31-25(23)32-12-14-36-16-17(32)3)18-6-8-19(9-7-18)29-26(34)28-5-2/h4,6-9,17,20,22H,1,5,10-16H2,2-3H3,(H2,28,29,34)/t17-,20-,22+/m0/s1. The van der Waals surface area contributed by atoms with E-state index in [1.54, 1.807) is 6.08 Å². The van der Waals surface area contributed by atoms with Crippen molar-refractivity contribution in [1.82, 2.24) is 20.2 Å². The predicted molar refractivity (Wildman–Crippen MR) is 141 cm³/mol. The van der Waals surface area contributed by atoms with Gasteiger partial charge in [0, 0.05) is 42.4 Å². The molecule has 2 fully saturated rings. The van der Waals surface area contributed by atoms with Crippen LogP contribution in [-0.2, 0) is 15.9 Å². The first-order valence-corrected chi connectivity index (χ1v) is 13.0. The van der Waals surface area contributed by atoms with E-state index in [2.05, 4.69) is 29.0 Å². The van der Waals surface area contributed by atoms with Gasteiger partial charge in [0.15, 0.2) is 5.82 Å². The maximum atomic E-state index is 13.0. The number of anilines is 2. The van der Waals surface area contributed by atoms with Crippen LogP contribution >= 0.6 is 0 Å². The van der Waals surface area contributed by atoms with Gasteiger partial charge in [-0.15, -0.1) is 0 Å². The lowest BCUT2D eigenvalue weighted by Gasteiger charge is -2.40. The van der Waals surface area contributed by atoms with Gasteiger partial charge < -0.3 is 25.0 Å². The SMILES string of the molecule is C=CCOC(=O)N1[C@H]2CC[C@@H]1c1c(nc(-c3ccc(NC(=O)NCC)cc3)nc1N1CCOC[C@@H]1C)C2. The number of amides is 3. The Hall–Kier alpha value is -3.66. The first-order chi connectivity index (χ1) is 18.0. The Kier molecular flexibility index (Phi) is 7.27. The van der Waals surface area contributed by atoms with Crippen LogP contribution in [0.1, 0.15) is 44.0 Å². The number of nitrogens with one attached hydrogen (secondary N) is 2. The third-order valence-electron chi connectivity index (χ3n) is 7.18. The van der Waals surface area contributed by atoms with Crippen molar-refractivity contribution in [2.24, 2.45) is 0 Å². The third-order valence-corrected chi connectivity index (χ3v) is 7.18. The molecule has 0 aliphatic carbocycles. The molecule has 0 unspecified atom stereocenters. The summed E-state index contributed by atoms with van der Waals surface area (Å²) in [7, 11) is 0. The molecule has 3 aliphatic heterocycles. The Labute approximate surface area is 217 Å². The normalized spacial score (nSPS) is 22.3. The monoisotopic (exact) mass is 506 g/mol. The van der Waals surface area contributed by atoms with E-state index in [0.717, 1.165) is 42.0 Å². The van der Waals surface area contributed by atoms with Gasteiger partial charge in [-0.2, -0.15) is 0 Å². The fraction of sp³-hybridized carbons (Fsp3) is 0.481. The quantitative estimate of drug-likeness (QED) is 0.572. The number of morpholine rings is 1. The molecular formula is C27H34N6O4. The van der Waals surface area contributed by atoms with Crippen molar-refractivity contribution in [2.45, 2.75) is 51.2 Å². The molecule has 1 aromatic carbocycles. The highest BCUT2D eigenvalue weighted by Gasteiger charge is 2.46. The summed E-state index contributed by atoms with van der Waals surface area (Å²) >= 11 is 0. The zero-order valence-corrected chi connectivity index (χ0v) is 21.4. The Morgan fingerprint density at radius 2 is 2.05 bits per heavy atom. The molecule has 3 amide bonds. The van der Waals surface area contributed by atoms with Crippen LogP contribution < -0.4 is 15.5 Å². The minimum absolute atomic E-state index is 0.0520. The van der Waals surface area contributed by atoms with Crippen LogP contribution in [0, 0.1) is 0 Å². The van der Waals surface area contributed by atoms with Crippen molar-refractivity contribution in [3.05, 3.63) is 48.2 Å². The van der Waals surface area contributed by atoms with E-state index >= 15 is 0 Å². The lowest BCUT2D eigenvalue weighted by atomic mass is 9.97. The Morgan fingerprint density at radius 1 is 1.24 bits per heavy atom. The van der Waals surface area contributed by atoms with E-state index in [1.807, 2.05) is 36.1 Å². The van der Waals surface area contributed by atoms with E-state index in [4.69, 9.17) is 19.4 Å². The van der Waals surface area contributed by atoms with Gasteiger partial charge >= 0.3 is 12.1 Å². The van der Waals surface area contributed by atoms with Crippen molar-refractivity contribution < 1.29 is 19.1 Å². The van der Waals surface area contributed by atoms with Crippen LogP contribution in [0.15, 0.2) is 36.9 Å². The maximum absolute atomic E-state index is 13.0. The predicted octanol–water partition coefficient (Wildman–Crippen LogP) is 3.89. The van der Waals surface area contributed by atoms with Crippen LogP contribution in [0.3, 0.4) is 0 Å². The molecule has 0 radical (unpaired) electrons. The molecule has 3 atom stereocenters. The van der Waals surface area contributed by atoms with Gasteiger partial charge in [0.2, 0.25) is 0 Å². The molecule has 2 saturated heterocycles. The maximum Gasteiger partial charge on any atom is 0.410 e.